The van der Waals surface area contributed by atoms with Gasteiger partial charge in [-0.3, -0.25) is 0 Å². The zero-order valence-electron chi connectivity index (χ0n) is 13.5. The topological polar surface area (TPSA) is 17.8 Å². The summed E-state index contributed by atoms with van der Waals surface area (Å²) in [5, 5.41) is 4.17. The number of halogens is 3. The van der Waals surface area contributed by atoms with Crippen molar-refractivity contribution in [1.82, 2.24) is 9.78 Å². The highest BCUT2D eigenvalue weighted by molar-refractivity contribution is 5.72. The quantitative estimate of drug-likeness (QED) is 0.469. The zero-order valence-corrected chi connectivity index (χ0v) is 13.5. The largest absolute Gasteiger partial charge is 0.230 e. The van der Waals surface area contributed by atoms with E-state index >= 15 is 0 Å². The van der Waals surface area contributed by atoms with Crippen molar-refractivity contribution < 1.29 is 13.2 Å². The summed E-state index contributed by atoms with van der Waals surface area (Å²) in [6.45, 7) is 0. The summed E-state index contributed by atoms with van der Waals surface area (Å²) >= 11 is 0. The molecule has 1 heterocycles. The molecule has 3 aromatic carbocycles. The molecule has 5 heteroatoms. The van der Waals surface area contributed by atoms with Crippen molar-refractivity contribution in [2.45, 2.75) is 0 Å². The second-order valence-corrected chi connectivity index (χ2v) is 5.81. The standard InChI is InChI=1S/C21H13F3N2/c22-17-6-4-14(5-7-17)15-2-1-3-16(12-15)20-10-11-25-26(20)21-9-8-18(23)13-19(21)24/h1-13H. The van der Waals surface area contributed by atoms with E-state index in [0.29, 0.717) is 5.69 Å². The van der Waals surface area contributed by atoms with Crippen LogP contribution in [0.25, 0.3) is 28.1 Å². The van der Waals surface area contributed by atoms with Gasteiger partial charge in [0.05, 0.1) is 11.9 Å². The zero-order chi connectivity index (χ0) is 18.1. The molecule has 0 spiro atoms. The average Bonchev–Trinajstić information content (AvgIpc) is 3.12. The fourth-order valence-corrected chi connectivity index (χ4v) is 2.87. The molecule has 0 aliphatic rings. The van der Waals surface area contributed by atoms with Crippen LogP contribution in [-0.2, 0) is 0 Å². The van der Waals surface area contributed by atoms with Crippen molar-refractivity contribution in [3.05, 3.63) is 96.4 Å². The highest BCUT2D eigenvalue weighted by Gasteiger charge is 2.13. The third-order valence-corrected chi connectivity index (χ3v) is 4.12. The van der Waals surface area contributed by atoms with Crippen LogP contribution in [0.4, 0.5) is 13.2 Å². The second kappa shape index (κ2) is 6.52. The van der Waals surface area contributed by atoms with E-state index in [1.54, 1.807) is 24.4 Å². The van der Waals surface area contributed by atoms with Crippen molar-refractivity contribution in [3.63, 3.8) is 0 Å². The van der Waals surface area contributed by atoms with Gasteiger partial charge in [0.25, 0.3) is 0 Å². The summed E-state index contributed by atoms with van der Waals surface area (Å²) in [6.07, 6.45) is 1.56. The lowest BCUT2D eigenvalue weighted by molar-refractivity contribution is 0.574. The molecule has 0 aliphatic carbocycles. The van der Waals surface area contributed by atoms with Gasteiger partial charge >= 0.3 is 0 Å². The van der Waals surface area contributed by atoms with Gasteiger partial charge < -0.3 is 0 Å². The number of rotatable bonds is 3. The first-order valence-corrected chi connectivity index (χ1v) is 7.98. The minimum Gasteiger partial charge on any atom is -0.230 e. The SMILES string of the molecule is Fc1ccc(-c2cccc(-c3ccnn3-c3ccc(F)cc3F)c2)cc1. The summed E-state index contributed by atoms with van der Waals surface area (Å²) in [5.41, 5.74) is 3.41. The van der Waals surface area contributed by atoms with Crippen LogP contribution in [0.1, 0.15) is 0 Å². The number of hydrogen-bond acceptors (Lipinski definition) is 1. The van der Waals surface area contributed by atoms with Gasteiger partial charge in [0, 0.05) is 11.6 Å². The van der Waals surface area contributed by atoms with Crippen molar-refractivity contribution in [2.75, 3.05) is 0 Å². The van der Waals surface area contributed by atoms with Crippen LogP contribution in [0.5, 0.6) is 0 Å². The lowest BCUT2D eigenvalue weighted by Crippen LogP contribution is -2.02. The minimum absolute atomic E-state index is 0.165. The molecule has 2 nitrogen and oxygen atoms in total. The number of aromatic nitrogens is 2. The highest BCUT2D eigenvalue weighted by atomic mass is 19.1. The molecule has 26 heavy (non-hydrogen) atoms. The molecule has 4 rings (SSSR count). The van der Waals surface area contributed by atoms with Gasteiger partial charge in [-0.2, -0.15) is 5.10 Å². The van der Waals surface area contributed by atoms with Crippen LogP contribution in [-0.4, -0.2) is 9.78 Å². The molecule has 128 valence electrons. The Balaban J connectivity index is 1.79. The van der Waals surface area contributed by atoms with E-state index in [1.165, 1.54) is 28.9 Å². The van der Waals surface area contributed by atoms with Crippen LogP contribution in [0.2, 0.25) is 0 Å². The van der Waals surface area contributed by atoms with Crippen LogP contribution in [0, 0.1) is 17.5 Å². The smallest absolute Gasteiger partial charge is 0.151 e. The summed E-state index contributed by atoms with van der Waals surface area (Å²) < 4.78 is 41.9. The molecule has 0 saturated carbocycles. The molecule has 0 unspecified atom stereocenters. The third kappa shape index (κ3) is 2.99. The van der Waals surface area contributed by atoms with Crippen molar-refractivity contribution in [3.8, 4) is 28.1 Å². The Kier molecular flexibility index (Phi) is 4.05. The molecular formula is C21H13F3N2. The lowest BCUT2D eigenvalue weighted by Gasteiger charge is -2.10. The minimum atomic E-state index is -0.690. The van der Waals surface area contributed by atoms with E-state index < -0.39 is 11.6 Å². The van der Waals surface area contributed by atoms with Crippen LogP contribution in [0.3, 0.4) is 0 Å². The molecule has 0 aliphatic heterocycles. The van der Waals surface area contributed by atoms with Crippen LogP contribution < -0.4 is 0 Å². The van der Waals surface area contributed by atoms with Gasteiger partial charge in [0.2, 0.25) is 0 Å². The molecule has 4 aromatic rings. The van der Waals surface area contributed by atoms with E-state index in [9.17, 15) is 13.2 Å². The predicted octanol–water partition coefficient (Wildman–Crippen LogP) is 5.62. The fourth-order valence-electron chi connectivity index (χ4n) is 2.87. The Hall–Kier alpha value is -3.34. The van der Waals surface area contributed by atoms with E-state index in [2.05, 4.69) is 5.10 Å². The van der Waals surface area contributed by atoms with Gasteiger partial charge in [-0.05, 0) is 47.5 Å². The number of nitrogens with zero attached hydrogens (tertiary/aromatic N) is 2. The maximum absolute atomic E-state index is 14.2. The van der Waals surface area contributed by atoms with Crippen LogP contribution >= 0.6 is 0 Å². The monoisotopic (exact) mass is 350 g/mol. The molecule has 0 saturated heterocycles. The maximum atomic E-state index is 14.2. The molecule has 0 bridgehead atoms. The Labute approximate surface area is 148 Å². The summed E-state index contributed by atoms with van der Waals surface area (Å²) in [4.78, 5) is 0. The van der Waals surface area contributed by atoms with Gasteiger partial charge in [-0.1, -0.05) is 30.3 Å². The normalized spacial score (nSPS) is 10.9. The summed E-state index contributed by atoms with van der Waals surface area (Å²) in [7, 11) is 0. The third-order valence-electron chi connectivity index (χ3n) is 4.12. The van der Waals surface area contributed by atoms with Gasteiger partial charge in [-0.15, -0.1) is 0 Å². The van der Waals surface area contributed by atoms with Gasteiger partial charge in [-0.25, -0.2) is 17.9 Å². The molecule has 0 radical (unpaired) electrons. The Morgan fingerprint density at radius 3 is 2.15 bits per heavy atom. The molecule has 0 amide bonds. The average molecular weight is 350 g/mol. The first-order chi connectivity index (χ1) is 12.6. The second-order valence-electron chi connectivity index (χ2n) is 5.81. The summed E-state index contributed by atoms with van der Waals surface area (Å²) in [6, 6.07) is 18.9. The lowest BCUT2D eigenvalue weighted by atomic mass is 10.0. The molecule has 0 N–H and O–H groups in total. The fraction of sp³-hybridized carbons (Fsp3) is 0. The van der Waals surface area contributed by atoms with Crippen molar-refractivity contribution in [1.29, 1.82) is 0 Å². The Morgan fingerprint density at radius 2 is 1.38 bits per heavy atom. The van der Waals surface area contributed by atoms with Crippen molar-refractivity contribution >= 4 is 0 Å². The van der Waals surface area contributed by atoms with E-state index in [4.69, 9.17) is 0 Å². The van der Waals surface area contributed by atoms with E-state index in [0.717, 1.165) is 22.8 Å². The first-order valence-electron chi connectivity index (χ1n) is 7.98. The van der Waals surface area contributed by atoms with Crippen molar-refractivity contribution in [2.24, 2.45) is 0 Å². The van der Waals surface area contributed by atoms with Gasteiger partial charge in [0.15, 0.2) is 5.82 Å². The first kappa shape index (κ1) is 16.1. The summed E-state index contributed by atoms with van der Waals surface area (Å²) in [5.74, 6) is -1.63. The number of benzene rings is 3. The maximum Gasteiger partial charge on any atom is 0.151 e. The molecule has 0 atom stereocenters. The van der Waals surface area contributed by atoms with E-state index in [1.807, 2.05) is 24.3 Å². The molecule has 1 aromatic heterocycles. The predicted molar refractivity (Wildman–Crippen MR) is 94.3 cm³/mol. The van der Waals surface area contributed by atoms with Crippen LogP contribution in [0.15, 0.2) is 79.0 Å². The Morgan fingerprint density at radius 1 is 0.654 bits per heavy atom. The Bertz CT molecular complexity index is 1070. The highest BCUT2D eigenvalue weighted by Crippen LogP contribution is 2.28. The van der Waals surface area contributed by atoms with E-state index in [-0.39, 0.29) is 11.5 Å². The molecule has 0 fully saturated rings. The number of hydrogen-bond donors (Lipinski definition) is 0. The molecular weight excluding hydrogens is 337 g/mol. The van der Waals surface area contributed by atoms with Gasteiger partial charge in [0.1, 0.15) is 17.3 Å².